The fraction of sp³-hybridized carbons (Fsp3) is 0.227. The van der Waals surface area contributed by atoms with E-state index < -0.39 is 24.0 Å². The highest BCUT2D eigenvalue weighted by atomic mass is 16.5. The van der Waals surface area contributed by atoms with E-state index in [0.717, 1.165) is 12.7 Å². The SMILES string of the molecule is COC(=O)C(O)C(Cc1ccccc1)NC(=O)c1[nH]c2ccccc2c(=O)c1C. The number of hydrogen-bond acceptors (Lipinski definition) is 5. The van der Waals surface area contributed by atoms with Gasteiger partial charge in [0.2, 0.25) is 0 Å². The summed E-state index contributed by atoms with van der Waals surface area (Å²) >= 11 is 0. The first-order chi connectivity index (χ1) is 13.9. The Balaban J connectivity index is 1.93. The maximum absolute atomic E-state index is 12.9. The first kappa shape index (κ1) is 20.3. The summed E-state index contributed by atoms with van der Waals surface area (Å²) in [6.07, 6.45) is -1.35. The molecule has 0 aliphatic rings. The first-order valence-corrected chi connectivity index (χ1v) is 9.14. The van der Waals surface area contributed by atoms with Crippen molar-refractivity contribution in [2.24, 2.45) is 0 Å². The van der Waals surface area contributed by atoms with Gasteiger partial charge in [-0.05, 0) is 31.0 Å². The van der Waals surface area contributed by atoms with Gasteiger partial charge in [-0.2, -0.15) is 0 Å². The van der Waals surface area contributed by atoms with Crippen molar-refractivity contribution in [2.75, 3.05) is 7.11 Å². The Labute approximate surface area is 167 Å². The highest BCUT2D eigenvalue weighted by molar-refractivity contribution is 5.97. The van der Waals surface area contributed by atoms with E-state index in [2.05, 4.69) is 15.0 Å². The smallest absolute Gasteiger partial charge is 0.336 e. The van der Waals surface area contributed by atoms with Gasteiger partial charge in [-0.1, -0.05) is 42.5 Å². The number of pyridine rings is 1. The number of carbonyl (C=O) groups is 2. The molecule has 2 aromatic carbocycles. The number of rotatable bonds is 6. The summed E-state index contributed by atoms with van der Waals surface area (Å²) in [6.45, 7) is 1.56. The number of hydrogen-bond donors (Lipinski definition) is 3. The lowest BCUT2D eigenvalue weighted by Gasteiger charge is -2.23. The second-order valence-corrected chi connectivity index (χ2v) is 6.74. The molecule has 0 spiro atoms. The molecule has 1 amide bonds. The Morgan fingerprint density at radius 1 is 1.10 bits per heavy atom. The number of aliphatic hydroxyl groups is 1. The Hall–Kier alpha value is -3.45. The molecule has 0 saturated carbocycles. The van der Waals surface area contributed by atoms with Gasteiger partial charge in [-0.15, -0.1) is 0 Å². The van der Waals surface area contributed by atoms with E-state index in [-0.39, 0.29) is 23.1 Å². The number of aliphatic hydroxyl groups excluding tert-OH is 1. The van der Waals surface area contributed by atoms with Crippen LogP contribution in [0.15, 0.2) is 59.4 Å². The highest BCUT2D eigenvalue weighted by Gasteiger charge is 2.30. The molecule has 1 heterocycles. The van der Waals surface area contributed by atoms with Crippen molar-refractivity contribution in [1.29, 1.82) is 0 Å². The van der Waals surface area contributed by atoms with Crippen molar-refractivity contribution in [1.82, 2.24) is 10.3 Å². The van der Waals surface area contributed by atoms with E-state index in [4.69, 9.17) is 0 Å². The van der Waals surface area contributed by atoms with Gasteiger partial charge >= 0.3 is 5.97 Å². The van der Waals surface area contributed by atoms with E-state index in [1.54, 1.807) is 31.2 Å². The summed E-state index contributed by atoms with van der Waals surface area (Å²) in [5.74, 6) is -1.44. The Morgan fingerprint density at radius 3 is 2.45 bits per heavy atom. The molecule has 3 aromatic rings. The van der Waals surface area contributed by atoms with Crippen LogP contribution in [0.2, 0.25) is 0 Å². The van der Waals surface area contributed by atoms with Gasteiger partial charge < -0.3 is 20.1 Å². The predicted molar refractivity (Wildman–Crippen MR) is 109 cm³/mol. The zero-order valence-electron chi connectivity index (χ0n) is 16.1. The van der Waals surface area contributed by atoms with Gasteiger partial charge in [0.1, 0.15) is 5.69 Å². The zero-order valence-corrected chi connectivity index (χ0v) is 16.1. The third kappa shape index (κ3) is 4.35. The Morgan fingerprint density at radius 2 is 1.76 bits per heavy atom. The topological polar surface area (TPSA) is 108 Å². The molecular formula is C22H22N2O5. The van der Waals surface area contributed by atoms with Crippen LogP contribution in [0.3, 0.4) is 0 Å². The number of fused-ring (bicyclic) bond motifs is 1. The molecule has 0 aliphatic carbocycles. The summed E-state index contributed by atoms with van der Waals surface area (Å²) in [5, 5.41) is 13.5. The highest BCUT2D eigenvalue weighted by Crippen LogP contribution is 2.13. The summed E-state index contributed by atoms with van der Waals surface area (Å²) in [6, 6.07) is 15.1. The Bertz CT molecular complexity index is 1090. The van der Waals surface area contributed by atoms with Crippen LogP contribution >= 0.6 is 0 Å². The number of methoxy groups -OCH3 is 1. The number of carbonyl (C=O) groups excluding carboxylic acids is 2. The van der Waals surface area contributed by atoms with Gasteiger partial charge in [-0.25, -0.2) is 4.79 Å². The Kier molecular flexibility index (Phi) is 6.09. The minimum absolute atomic E-state index is 0.0869. The van der Waals surface area contributed by atoms with Crippen LogP contribution in [-0.2, 0) is 16.0 Å². The fourth-order valence-electron chi connectivity index (χ4n) is 3.20. The van der Waals surface area contributed by atoms with Crippen LogP contribution in [0.4, 0.5) is 0 Å². The molecule has 0 radical (unpaired) electrons. The van der Waals surface area contributed by atoms with Gasteiger partial charge in [0.05, 0.1) is 13.2 Å². The summed E-state index contributed by atoms with van der Waals surface area (Å²) < 4.78 is 4.62. The summed E-state index contributed by atoms with van der Waals surface area (Å²) in [4.78, 5) is 40.4. The van der Waals surface area contributed by atoms with Crippen LogP contribution in [-0.4, -0.2) is 41.2 Å². The number of ether oxygens (including phenoxy) is 1. The average molecular weight is 394 g/mol. The largest absolute Gasteiger partial charge is 0.467 e. The van der Waals surface area contributed by atoms with Crippen molar-refractivity contribution in [3.63, 3.8) is 0 Å². The number of aromatic amines is 1. The fourth-order valence-corrected chi connectivity index (χ4v) is 3.20. The van der Waals surface area contributed by atoms with Crippen LogP contribution in [0.5, 0.6) is 0 Å². The molecule has 3 N–H and O–H groups in total. The van der Waals surface area contributed by atoms with Crippen molar-refractivity contribution < 1.29 is 19.4 Å². The lowest BCUT2D eigenvalue weighted by Crippen LogP contribution is -2.49. The number of esters is 1. The molecule has 0 aliphatic heterocycles. The van der Waals surface area contributed by atoms with Crippen molar-refractivity contribution in [2.45, 2.75) is 25.5 Å². The zero-order chi connectivity index (χ0) is 21.0. The number of H-pyrrole nitrogens is 1. The van der Waals surface area contributed by atoms with E-state index >= 15 is 0 Å². The van der Waals surface area contributed by atoms with Crippen molar-refractivity contribution in [3.8, 4) is 0 Å². The van der Waals surface area contributed by atoms with Gasteiger partial charge in [0.25, 0.3) is 5.91 Å². The third-order valence-electron chi connectivity index (χ3n) is 4.81. The second-order valence-electron chi connectivity index (χ2n) is 6.74. The molecule has 1 aromatic heterocycles. The molecule has 150 valence electrons. The van der Waals surface area contributed by atoms with Gasteiger partial charge in [0.15, 0.2) is 11.5 Å². The maximum Gasteiger partial charge on any atom is 0.336 e. The number of aromatic nitrogens is 1. The third-order valence-corrected chi connectivity index (χ3v) is 4.81. The van der Waals surface area contributed by atoms with Crippen molar-refractivity contribution >= 4 is 22.8 Å². The van der Waals surface area contributed by atoms with Crippen LogP contribution in [0.1, 0.15) is 21.6 Å². The number of benzene rings is 2. The van der Waals surface area contributed by atoms with Gasteiger partial charge in [0, 0.05) is 16.5 Å². The van der Waals surface area contributed by atoms with Crippen LogP contribution < -0.4 is 10.7 Å². The number of para-hydroxylation sites is 1. The monoisotopic (exact) mass is 394 g/mol. The molecule has 3 rings (SSSR count). The molecule has 2 unspecified atom stereocenters. The van der Waals surface area contributed by atoms with E-state index in [1.165, 1.54) is 0 Å². The standard InChI is InChI=1S/C22H22N2O5/c1-13-18(23-16-11-7-6-10-15(16)19(13)25)21(27)24-17(20(26)22(28)29-2)12-14-8-4-3-5-9-14/h3-11,17,20,26H,12H2,1-2H3,(H,23,25)(H,24,27). The van der Waals surface area contributed by atoms with Crippen LogP contribution in [0.25, 0.3) is 10.9 Å². The van der Waals surface area contributed by atoms with E-state index in [1.807, 2.05) is 30.3 Å². The molecule has 0 saturated heterocycles. The first-order valence-electron chi connectivity index (χ1n) is 9.14. The second kappa shape index (κ2) is 8.70. The normalized spacial score (nSPS) is 12.9. The van der Waals surface area contributed by atoms with Gasteiger partial charge in [-0.3, -0.25) is 9.59 Å². The number of amides is 1. The summed E-state index contributed by atoms with van der Waals surface area (Å²) in [5.41, 5.74) is 1.44. The maximum atomic E-state index is 12.9. The lowest BCUT2D eigenvalue weighted by atomic mass is 10.0. The summed E-state index contributed by atoms with van der Waals surface area (Å²) in [7, 11) is 1.16. The van der Waals surface area contributed by atoms with Crippen molar-refractivity contribution in [3.05, 3.63) is 81.6 Å². The molecule has 7 nitrogen and oxygen atoms in total. The number of nitrogens with one attached hydrogen (secondary N) is 2. The molecule has 0 fully saturated rings. The quantitative estimate of drug-likeness (QED) is 0.552. The minimum Gasteiger partial charge on any atom is -0.467 e. The van der Waals surface area contributed by atoms with Crippen LogP contribution in [0, 0.1) is 6.92 Å². The molecule has 0 bridgehead atoms. The predicted octanol–water partition coefficient (Wildman–Crippen LogP) is 1.71. The minimum atomic E-state index is -1.56. The lowest BCUT2D eigenvalue weighted by molar-refractivity contribution is -0.151. The average Bonchev–Trinajstić information content (AvgIpc) is 2.75. The molecule has 29 heavy (non-hydrogen) atoms. The molecular weight excluding hydrogens is 372 g/mol. The molecule has 2 atom stereocenters. The molecule has 7 heteroatoms. The van der Waals surface area contributed by atoms with E-state index in [0.29, 0.717) is 10.9 Å². The van der Waals surface area contributed by atoms with E-state index in [9.17, 15) is 19.5 Å².